The number of halogens is 2. The number of barbiturate groups is 1. The second-order valence-electron chi connectivity index (χ2n) is 7.33. The number of ether oxygens (including phenoxy) is 1. The summed E-state index contributed by atoms with van der Waals surface area (Å²) in [5.74, 6) is -1.67. The predicted molar refractivity (Wildman–Crippen MR) is 132 cm³/mol. The van der Waals surface area contributed by atoms with Crippen LogP contribution in [-0.2, 0) is 14.4 Å². The maximum absolute atomic E-state index is 13.0. The van der Waals surface area contributed by atoms with Gasteiger partial charge in [0, 0.05) is 5.69 Å². The molecule has 0 unspecified atom stereocenters. The molecule has 1 saturated heterocycles. The summed E-state index contributed by atoms with van der Waals surface area (Å²) < 4.78 is 5.54. The van der Waals surface area contributed by atoms with Crippen LogP contribution in [0.3, 0.4) is 0 Å². The highest BCUT2D eigenvalue weighted by atomic mass is 35.5. The highest BCUT2D eigenvalue weighted by Gasteiger charge is 2.37. The number of anilines is 2. The summed E-state index contributed by atoms with van der Waals surface area (Å²) in [5, 5.41) is 5.24. The lowest BCUT2D eigenvalue weighted by atomic mass is 10.1. The average Bonchev–Trinajstić information content (AvgIpc) is 2.83. The number of rotatable bonds is 6. The summed E-state index contributed by atoms with van der Waals surface area (Å²) in [6, 6.07) is 18.7. The molecule has 10 heteroatoms. The van der Waals surface area contributed by atoms with E-state index in [0.29, 0.717) is 17.0 Å². The third kappa shape index (κ3) is 5.68. The molecule has 1 heterocycles. The summed E-state index contributed by atoms with van der Waals surface area (Å²) >= 11 is 11.9. The molecule has 2 N–H and O–H groups in total. The molecule has 3 aromatic carbocycles. The van der Waals surface area contributed by atoms with Gasteiger partial charge in [-0.15, -0.1) is 0 Å². The maximum Gasteiger partial charge on any atom is 0.335 e. The third-order valence-corrected chi connectivity index (χ3v) is 5.60. The molecule has 1 aliphatic rings. The predicted octanol–water partition coefficient (Wildman–Crippen LogP) is 4.68. The number of imide groups is 2. The first kappa shape index (κ1) is 24.0. The fourth-order valence-electron chi connectivity index (χ4n) is 3.24. The SMILES string of the molecule is O=C(COc1cccc(/C=C2/C(=O)NC(=O)N(c3ccc(Cl)c(Cl)c3)C2=O)c1)Nc1ccccc1. The van der Waals surface area contributed by atoms with Crippen LogP contribution >= 0.6 is 23.2 Å². The molecule has 4 rings (SSSR count). The molecule has 0 radical (unpaired) electrons. The minimum atomic E-state index is -0.906. The zero-order valence-electron chi connectivity index (χ0n) is 18.0. The van der Waals surface area contributed by atoms with Crippen LogP contribution in [0.2, 0.25) is 10.0 Å². The van der Waals surface area contributed by atoms with Crippen molar-refractivity contribution < 1.29 is 23.9 Å². The van der Waals surface area contributed by atoms with E-state index in [9.17, 15) is 19.2 Å². The molecule has 1 aliphatic heterocycles. The summed E-state index contributed by atoms with van der Waals surface area (Å²) in [5.41, 5.74) is 0.979. The van der Waals surface area contributed by atoms with Gasteiger partial charge < -0.3 is 10.1 Å². The first-order valence-electron chi connectivity index (χ1n) is 10.3. The van der Waals surface area contributed by atoms with Crippen LogP contribution in [0.15, 0.2) is 78.4 Å². The van der Waals surface area contributed by atoms with Gasteiger partial charge in [0.1, 0.15) is 11.3 Å². The van der Waals surface area contributed by atoms with Crippen LogP contribution in [0.4, 0.5) is 16.2 Å². The van der Waals surface area contributed by atoms with Crippen molar-refractivity contribution in [2.75, 3.05) is 16.8 Å². The number of urea groups is 1. The summed E-state index contributed by atoms with van der Waals surface area (Å²) in [7, 11) is 0. The lowest BCUT2D eigenvalue weighted by Crippen LogP contribution is -2.54. The Balaban J connectivity index is 1.51. The zero-order valence-corrected chi connectivity index (χ0v) is 19.5. The van der Waals surface area contributed by atoms with E-state index in [1.807, 2.05) is 6.07 Å². The molecular weight excluding hydrogens is 493 g/mol. The Labute approximate surface area is 210 Å². The number of carbonyl (C=O) groups excluding carboxylic acids is 4. The molecule has 0 atom stereocenters. The monoisotopic (exact) mass is 509 g/mol. The van der Waals surface area contributed by atoms with Crippen LogP contribution in [0.1, 0.15) is 5.56 Å². The Bertz CT molecular complexity index is 1360. The third-order valence-electron chi connectivity index (χ3n) is 4.86. The van der Waals surface area contributed by atoms with E-state index in [4.69, 9.17) is 27.9 Å². The number of para-hydroxylation sites is 1. The van der Waals surface area contributed by atoms with E-state index in [-0.39, 0.29) is 33.8 Å². The Morgan fingerprint density at radius 1 is 0.943 bits per heavy atom. The van der Waals surface area contributed by atoms with Crippen LogP contribution in [0, 0.1) is 0 Å². The molecule has 0 aliphatic carbocycles. The quantitative estimate of drug-likeness (QED) is 0.370. The summed E-state index contributed by atoms with van der Waals surface area (Å²) in [6.45, 7) is -0.242. The largest absolute Gasteiger partial charge is 0.484 e. The van der Waals surface area contributed by atoms with Gasteiger partial charge in [0.15, 0.2) is 6.61 Å². The van der Waals surface area contributed by atoms with Crippen molar-refractivity contribution in [2.24, 2.45) is 0 Å². The number of amides is 5. The van der Waals surface area contributed by atoms with Crippen LogP contribution in [0.5, 0.6) is 5.75 Å². The molecule has 0 spiro atoms. The lowest BCUT2D eigenvalue weighted by Gasteiger charge is -2.26. The second-order valence-corrected chi connectivity index (χ2v) is 8.15. The Morgan fingerprint density at radius 2 is 1.71 bits per heavy atom. The second kappa shape index (κ2) is 10.4. The van der Waals surface area contributed by atoms with Crippen LogP contribution in [-0.4, -0.2) is 30.4 Å². The molecule has 0 bridgehead atoms. The van der Waals surface area contributed by atoms with Gasteiger partial charge in [0.05, 0.1) is 15.7 Å². The number of hydrogen-bond acceptors (Lipinski definition) is 5. The number of hydrogen-bond donors (Lipinski definition) is 2. The Kier molecular flexibility index (Phi) is 7.14. The molecular formula is C25H17Cl2N3O5. The lowest BCUT2D eigenvalue weighted by molar-refractivity contribution is -0.122. The van der Waals surface area contributed by atoms with Gasteiger partial charge in [-0.1, -0.05) is 53.5 Å². The van der Waals surface area contributed by atoms with Crippen LogP contribution in [0.25, 0.3) is 6.08 Å². The van der Waals surface area contributed by atoms with Crippen molar-refractivity contribution in [1.29, 1.82) is 0 Å². The van der Waals surface area contributed by atoms with E-state index in [0.717, 1.165) is 4.90 Å². The fraction of sp³-hybridized carbons (Fsp3) is 0.0400. The number of nitrogens with zero attached hydrogens (tertiary/aromatic N) is 1. The minimum absolute atomic E-state index is 0.147. The van der Waals surface area contributed by atoms with E-state index >= 15 is 0 Å². The first-order valence-corrected chi connectivity index (χ1v) is 11.0. The molecule has 35 heavy (non-hydrogen) atoms. The highest BCUT2D eigenvalue weighted by molar-refractivity contribution is 6.43. The van der Waals surface area contributed by atoms with Gasteiger partial charge in [0.2, 0.25) is 0 Å². The zero-order chi connectivity index (χ0) is 24.9. The molecule has 3 aromatic rings. The molecule has 0 aromatic heterocycles. The van der Waals surface area contributed by atoms with E-state index in [1.165, 1.54) is 24.3 Å². The van der Waals surface area contributed by atoms with Gasteiger partial charge in [-0.05, 0) is 54.1 Å². The van der Waals surface area contributed by atoms with E-state index in [2.05, 4.69) is 10.6 Å². The van der Waals surface area contributed by atoms with E-state index < -0.39 is 17.8 Å². The van der Waals surface area contributed by atoms with Gasteiger partial charge >= 0.3 is 6.03 Å². The maximum atomic E-state index is 13.0. The Hall–Kier alpha value is -4.14. The van der Waals surface area contributed by atoms with Gasteiger partial charge in [0.25, 0.3) is 17.7 Å². The van der Waals surface area contributed by atoms with Crippen molar-refractivity contribution in [1.82, 2.24) is 5.32 Å². The first-order chi connectivity index (χ1) is 16.8. The fourth-order valence-corrected chi connectivity index (χ4v) is 3.54. The Morgan fingerprint density at radius 3 is 2.46 bits per heavy atom. The van der Waals surface area contributed by atoms with Crippen molar-refractivity contribution in [3.63, 3.8) is 0 Å². The summed E-state index contributed by atoms with van der Waals surface area (Å²) in [4.78, 5) is 50.7. The summed E-state index contributed by atoms with van der Waals surface area (Å²) in [6.07, 6.45) is 1.32. The number of nitrogens with one attached hydrogen (secondary N) is 2. The molecule has 176 valence electrons. The molecule has 0 saturated carbocycles. The van der Waals surface area contributed by atoms with Gasteiger partial charge in [-0.25, -0.2) is 9.69 Å². The van der Waals surface area contributed by atoms with Crippen molar-refractivity contribution in [3.8, 4) is 5.75 Å². The van der Waals surface area contributed by atoms with Crippen LogP contribution < -0.4 is 20.3 Å². The standard InChI is InChI=1S/C25H17Cl2N3O5/c26-20-10-9-17(13-21(20)27)30-24(33)19(23(32)29-25(30)34)12-15-5-4-8-18(11-15)35-14-22(31)28-16-6-2-1-3-7-16/h1-13H,14H2,(H,28,31)(H,29,32,34)/b19-12-. The normalized spacial score (nSPS) is 14.6. The van der Waals surface area contributed by atoms with Gasteiger partial charge in [-0.3, -0.25) is 19.7 Å². The van der Waals surface area contributed by atoms with Crippen molar-refractivity contribution in [3.05, 3.63) is 94.0 Å². The molecule has 8 nitrogen and oxygen atoms in total. The smallest absolute Gasteiger partial charge is 0.335 e. The van der Waals surface area contributed by atoms with Gasteiger partial charge in [-0.2, -0.15) is 0 Å². The van der Waals surface area contributed by atoms with Crippen molar-refractivity contribution in [2.45, 2.75) is 0 Å². The van der Waals surface area contributed by atoms with Crippen molar-refractivity contribution >= 4 is 64.4 Å². The topological polar surface area (TPSA) is 105 Å². The average molecular weight is 510 g/mol. The highest BCUT2D eigenvalue weighted by Crippen LogP contribution is 2.29. The molecule has 1 fully saturated rings. The number of benzene rings is 3. The molecule has 5 amide bonds. The minimum Gasteiger partial charge on any atom is -0.484 e. The number of carbonyl (C=O) groups is 4. The van der Waals surface area contributed by atoms with E-state index in [1.54, 1.807) is 48.5 Å².